The molecule has 2 aliphatic rings. The van der Waals surface area contributed by atoms with Crippen molar-refractivity contribution >= 4 is 47.3 Å². The first-order chi connectivity index (χ1) is 25.5. The summed E-state index contributed by atoms with van der Waals surface area (Å²) in [5, 5.41) is 25.6. The number of carbonyl (C=O) groups is 3. The summed E-state index contributed by atoms with van der Waals surface area (Å²) in [6.45, 7) is 4.67. The fourth-order valence-corrected chi connectivity index (χ4v) is 7.30. The van der Waals surface area contributed by atoms with Crippen LogP contribution in [0.1, 0.15) is 33.1 Å². The Kier molecular flexibility index (Phi) is 15.6. The van der Waals surface area contributed by atoms with Gasteiger partial charge in [0.25, 0.3) is 0 Å². The summed E-state index contributed by atoms with van der Waals surface area (Å²) < 4.78 is 10.2. The fraction of sp³-hybridized carbons (Fsp3) is 0.244. The van der Waals surface area contributed by atoms with E-state index < -0.39 is 11.9 Å². The first-order valence-corrected chi connectivity index (χ1v) is 18.8. The SMILES string of the molecule is COc1cc(O)c(C(=O)C=Cc2ccccc2)c(OC)c1.CSc1ccc2c(c1)C(N1CCN(C)CC1)Cc1ccccc1S2.O=C(O)C=CC(=O)O. The number of aromatic hydroxyl groups is 1. The van der Waals surface area contributed by atoms with Gasteiger partial charge in [-0.2, -0.15) is 0 Å². The number of rotatable bonds is 9. The molecule has 1 saturated heterocycles. The lowest BCUT2D eigenvalue weighted by Gasteiger charge is -2.38. The Morgan fingerprint density at radius 2 is 1.47 bits per heavy atom. The van der Waals surface area contributed by atoms with E-state index in [0.29, 0.717) is 23.9 Å². The molecule has 2 heterocycles. The first-order valence-electron chi connectivity index (χ1n) is 16.8. The van der Waals surface area contributed by atoms with Gasteiger partial charge >= 0.3 is 11.9 Å². The third kappa shape index (κ3) is 12.0. The van der Waals surface area contributed by atoms with Gasteiger partial charge in [-0.05, 0) is 66.8 Å². The molecule has 0 aromatic heterocycles. The molecule has 2 aliphatic heterocycles. The van der Waals surface area contributed by atoms with Gasteiger partial charge in [0.05, 0.1) is 14.2 Å². The Bertz CT molecular complexity index is 1910. The molecule has 0 radical (unpaired) electrons. The molecule has 0 bridgehead atoms. The Morgan fingerprint density at radius 1 is 0.811 bits per heavy atom. The highest BCUT2D eigenvalue weighted by Gasteiger charge is 2.29. The number of piperazine rings is 1. The van der Waals surface area contributed by atoms with Gasteiger partial charge in [-0.15, -0.1) is 11.8 Å². The van der Waals surface area contributed by atoms with E-state index >= 15 is 0 Å². The zero-order valence-electron chi connectivity index (χ0n) is 30.1. The van der Waals surface area contributed by atoms with Crippen LogP contribution in [0.3, 0.4) is 0 Å². The summed E-state index contributed by atoms with van der Waals surface area (Å²) in [7, 11) is 5.15. The molecule has 1 fully saturated rings. The molecule has 12 heteroatoms. The molecular weight excluding hydrogens is 713 g/mol. The van der Waals surface area contributed by atoms with Gasteiger partial charge in [0, 0.05) is 71.2 Å². The molecule has 6 rings (SSSR count). The van der Waals surface area contributed by atoms with Crippen molar-refractivity contribution in [1.29, 1.82) is 0 Å². The number of benzene rings is 4. The highest BCUT2D eigenvalue weighted by Crippen LogP contribution is 2.44. The van der Waals surface area contributed by atoms with Crippen LogP contribution < -0.4 is 9.47 Å². The van der Waals surface area contributed by atoms with E-state index in [1.54, 1.807) is 12.1 Å². The number of allylic oxidation sites excluding steroid dienone is 1. The molecule has 0 spiro atoms. The molecular formula is C41H44N2O8S2. The van der Waals surface area contributed by atoms with Crippen molar-refractivity contribution in [1.82, 2.24) is 9.80 Å². The Morgan fingerprint density at radius 3 is 2.09 bits per heavy atom. The number of carboxylic acid groups (broad SMARTS) is 2. The largest absolute Gasteiger partial charge is 0.507 e. The second-order valence-corrected chi connectivity index (χ2v) is 14.0. The van der Waals surface area contributed by atoms with Crippen LogP contribution >= 0.6 is 23.5 Å². The molecule has 0 amide bonds. The van der Waals surface area contributed by atoms with Crippen molar-refractivity contribution < 1.29 is 39.2 Å². The summed E-state index contributed by atoms with van der Waals surface area (Å²) in [4.78, 5) is 40.7. The van der Waals surface area contributed by atoms with Crippen LogP contribution in [0.2, 0.25) is 0 Å². The van der Waals surface area contributed by atoms with E-state index in [4.69, 9.17) is 19.7 Å². The minimum atomic E-state index is -1.26. The van der Waals surface area contributed by atoms with Gasteiger partial charge in [-0.25, -0.2) is 9.59 Å². The number of aliphatic carboxylic acids is 2. The van der Waals surface area contributed by atoms with Crippen molar-refractivity contribution in [2.75, 3.05) is 53.7 Å². The molecule has 0 aliphatic carbocycles. The van der Waals surface area contributed by atoms with E-state index in [1.807, 2.05) is 53.9 Å². The smallest absolute Gasteiger partial charge is 0.328 e. The van der Waals surface area contributed by atoms with Crippen LogP contribution in [0.5, 0.6) is 17.2 Å². The molecule has 0 saturated carbocycles. The number of nitrogens with zero attached hydrogens (tertiary/aromatic N) is 2. The lowest BCUT2D eigenvalue weighted by atomic mass is 9.96. The van der Waals surface area contributed by atoms with Crippen LogP contribution in [0.15, 0.2) is 118 Å². The lowest BCUT2D eigenvalue weighted by molar-refractivity contribution is -0.134. The molecule has 278 valence electrons. The van der Waals surface area contributed by atoms with Gasteiger partial charge in [-0.1, -0.05) is 66.4 Å². The second kappa shape index (κ2) is 20.3. The Balaban J connectivity index is 0.000000199. The number of hydrogen-bond donors (Lipinski definition) is 3. The standard InChI is InChI=1S/C20H24N2S2.C17H16O4.C4H4O4/c1-21-9-11-22(12-10-21)18-13-15-5-3-4-6-19(15)24-20-8-7-16(23-2)14-17(18)20;1-20-13-10-15(19)17(16(11-13)21-2)14(18)9-8-12-6-4-3-5-7-12;5-3(6)1-2-4(7)8/h3-8,14,18H,9-13H2,1-2H3;3-11,19H,1-2H3;1-2H,(H,5,6)(H,7,8). The number of ketones is 1. The molecule has 1 atom stereocenters. The molecule has 3 N–H and O–H groups in total. The van der Waals surface area contributed by atoms with E-state index in [2.05, 4.69) is 65.6 Å². The summed E-state index contributed by atoms with van der Waals surface area (Å²) in [5.41, 5.74) is 4.03. The number of phenols is 1. The fourth-order valence-electron chi connectivity index (χ4n) is 5.74. The summed E-state index contributed by atoms with van der Waals surface area (Å²) >= 11 is 3.79. The monoisotopic (exact) mass is 756 g/mol. The Labute approximate surface area is 318 Å². The van der Waals surface area contributed by atoms with Crippen LogP contribution in [0, 0.1) is 0 Å². The van der Waals surface area contributed by atoms with Crippen LogP contribution in [-0.2, 0) is 16.0 Å². The quantitative estimate of drug-likeness (QED) is 0.0891. The minimum absolute atomic E-state index is 0.116. The highest BCUT2D eigenvalue weighted by molar-refractivity contribution is 7.99. The molecule has 53 heavy (non-hydrogen) atoms. The third-order valence-electron chi connectivity index (χ3n) is 8.51. The predicted octanol–water partition coefficient (Wildman–Crippen LogP) is 7.42. The number of thioether (sulfide) groups is 1. The van der Waals surface area contributed by atoms with Crippen LogP contribution in [0.25, 0.3) is 6.08 Å². The number of methoxy groups -OCH3 is 2. The average Bonchev–Trinajstić information content (AvgIpc) is 3.33. The van der Waals surface area contributed by atoms with Crippen molar-refractivity contribution in [2.45, 2.75) is 27.1 Å². The van der Waals surface area contributed by atoms with Crippen molar-refractivity contribution in [3.63, 3.8) is 0 Å². The van der Waals surface area contributed by atoms with E-state index in [1.165, 1.54) is 65.3 Å². The number of likely N-dealkylation sites (N-methyl/N-ethyl adjacent to an activating group) is 1. The van der Waals surface area contributed by atoms with Crippen LogP contribution in [0.4, 0.5) is 0 Å². The Hall–Kier alpha value is -5.01. The van der Waals surface area contributed by atoms with E-state index in [-0.39, 0.29) is 22.8 Å². The molecule has 10 nitrogen and oxygen atoms in total. The number of carbonyl (C=O) groups excluding carboxylic acids is 1. The number of carboxylic acids is 2. The van der Waals surface area contributed by atoms with Gasteiger partial charge in [0.1, 0.15) is 22.8 Å². The summed E-state index contributed by atoms with van der Waals surface area (Å²) in [5.74, 6) is -2.33. The van der Waals surface area contributed by atoms with E-state index in [9.17, 15) is 19.5 Å². The van der Waals surface area contributed by atoms with Gasteiger partial charge in [0.15, 0.2) is 5.78 Å². The van der Waals surface area contributed by atoms with Gasteiger partial charge < -0.3 is 29.7 Å². The highest BCUT2D eigenvalue weighted by atomic mass is 32.2. The van der Waals surface area contributed by atoms with Crippen molar-refractivity contribution in [3.8, 4) is 17.2 Å². The number of phenolic OH excluding ortho intramolecular Hbond substituents is 1. The number of fused-ring (bicyclic) bond motifs is 2. The zero-order chi connectivity index (χ0) is 38.3. The first kappa shape index (κ1) is 40.8. The zero-order valence-corrected chi connectivity index (χ0v) is 31.7. The van der Waals surface area contributed by atoms with Crippen molar-refractivity contribution in [3.05, 3.63) is 125 Å². The average molecular weight is 757 g/mol. The lowest BCUT2D eigenvalue weighted by Crippen LogP contribution is -2.46. The second-order valence-electron chi connectivity index (χ2n) is 12.0. The summed E-state index contributed by atoms with van der Waals surface area (Å²) in [6, 6.07) is 28.8. The third-order valence-corrected chi connectivity index (χ3v) is 10.4. The topological polar surface area (TPSA) is 137 Å². The minimum Gasteiger partial charge on any atom is -0.507 e. The maximum Gasteiger partial charge on any atom is 0.328 e. The van der Waals surface area contributed by atoms with Gasteiger partial charge in [-0.3, -0.25) is 9.69 Å². The molecule has 4 aromatic rings. The number of ether oxygens (including phenoxy) is 2. The summed E-state index contributed by atoms with van der Waals surface area (Å²) in [6.07, 6.45) is 7.50. The maximum absolute atomic E-state index is 12.3. The molecule has 1 unspecified atom stereocenters. The maximum atomic E-state index is 12.3. The molecule has 4 aromatic carbocycles. The van der Waals surface area contributed by atoms with Crippen LogP contribution in [-0.4, -0.2) is 96.5 Å². The number of hydrogen-bond acceptors (Lipinski definition) is 10. The normalized spacial score (nSPS) is 15.5. The van der Waals surface area contributed by atoms with E-state index in [0.717, 1.165) is 25.1 Å². The van der Waals surface area contributed by atoms with Gasteiger partial charge in [0.2, 0.25) is 0 Å². The van der Waals surface area contributed by atoms with Crippen molar-refractivity contribution in [2.24, 2.45) is 0 Å². The predicted molar refractivity (Wildman–Crippen MR) is 210 cm³/mol.